The zero-order valence-electron chi connectivity index (χ0n) is 15.2. The molecule has 0 fully saturated rings. The Labute approximate surface area is 156 Å². The summed E-state index contributed by atoms with van der Waals surface area (Å²) in [5.41, 5.74) is 2.07. The summed E-state index contributed by atoms with van der Waals surface area (Å²) in [6, 6.07) is 14.8. The number of carbonyl (C=O) groups excluding carboxylic acids is 1. The van der Waals surface area contributed by atoms with Gasteiger partial charge in [0.15, 0.2) is 13.2 Å². The van der Waals surface area contributed by atoms with Crippen LogP contribution in [0.1, 0.15) is 18.4 Å². The number of ether oxygens (including phenoxy) is 3. The van der Waals surface area contributed by atoms with Crippen LogP contribution in [0.25, 0.3) is 11.4 Å². The zero-order valence-corrected chi connectivity index (χ0v) is 15.2. The van der Waals surface area contributed by atoms with Crippen molar-refractivity contribution < 1.29 is 23.5 Å². The number of carbonyl (C=O) groups is 1. The molecular weight excluding hydrogens is 348 g/mol. The van der Waals surface area contributed by atoms with Crippen molar-refractivity contribution >= 4 is 5.97 Å². The molecule has 0 amide bonds. The topological polar surface area (TPSA) is 83.7 Å². The van der Waals surface area contributed by atoms with E-state index in [0.717, 1.165) is 12.0 Å². The first-order valence-electron chi connectivity index (χ1n) is 8.52. The van der Waals surface area contributed by atoms with Crippen molar-refractivity contribution in [2.24, 2.45) is 0 Å². The third-order valence-electron chi connectivity index (χ3n) is 3.86. The molecule has 1 aromatic heterocycles. The first-order valence-corrected chi connectivity index (χ1v) is 8.52. The fourth-order valence-electron chi connectivity index (χ4n) is 2.32. The van der Waals surface area contributed by atoms with E-state index >= 15 is 0 Å². The maximum atomic E-state index is 11.8. The Morgan fingerprint density at radius 3 is 2.41 bits per heavy atom. The summed E-state index contributed by atoms with van der Waals surface area (Å²) in [4.78, 5) is 16.0. The van der Waals surface area contributed by atoms with Crippen LogP contribution in [0.15, 0.2) is 53.1 Å². The molecule has 0 aliphatic carbocycles. The summed E-state index contributed by atoms with van der Waals surface area (Å²) in [5.74, 6) is 1.41. The van der Waals surface area contributed by atoms with Gasteiger partial charge in [0, 0.05) is 5.56 Å². The van der Waals surface area contributed by atoms with E-state index in [0.29, 0.717) is 17.3 Å². The second kappa shape index (κ2) is 8.84. The minimum Gasteiger partial charge on any atom is -0.497 e. The predicted molar refractivity (Wildman–Crippen MR) is 97.4 cm³/mol. The quantitative estimate of drug-likeness (QED) is 0.563. The third kappa shape index (κ3) is 5.07. The van der Waals surface area contributed by atoms with Crippen LogP contribution in [0.4, 0.5) is 0 Å². The molecule has 0 bridgehead atoms. The van der Waals surface area contributed by atoms with Crippen LogP contribution in [0.2, 0.25) is 0 Å². The first kappa shape index (κ1) is 18.4. The highest BCUT2D eigenvalue weighted by Crippen LogP contribution is 2.18. The molecule has 0 saturated heterocycles. The lowest BCUT2D eigenvalue weighted by atomic mass is 10.1. The van der Waals surface area contributed by atoms with Crippen molar-refractivity contribution in [3.63, 3.8) is 0 Å². The fraction of sp³-hybridized carbons (Fsp3) is 0.250. The van der Waals surface area contributed by atoms with E-state index in [-0.39, 0.29) is 19.1 Å². The number of rotatable bonds is 8. The van der Waals surface area contributed by atoms with E-state index in [1.165, 1.54) is 5.56 Å². The van der Waals surface area contributed by atoms with Crippen molar-refractivity contribution in [2.75, 3.05) is 13.7 Å². The van der Waals surface area contributed by atoms with Crippen LogP contribution in [0, 0.1) is 0 Å². The van der Waals surface area contributed by atoms with Crippen LogP contribution in [0.5, 0.6) is 11.5 Å². The second-order valence-electron chi connectivity index (χ2n) is 5.69. The Morgan fingerprint density at radius 2 is 1.74 bits per heavy atom. The number of hydrogen-bond donors (Lipinski definition) is 0. The Kier molecular flexibility index (Phi) is 6.04. The monoisotopic (exact) mass is 368 g/mol. The van der Waals surface area contributed by atoms with Crippen molar-refractivity contribution in [1.82, 2.24) is 10.1 Å². The van der Waals surface area contributed by atoms with Crippen LogP contribution in [0.3, 0.4) is 0 Å². The summed E-state index contributed by atoms with van der Waals surface area (Å²) in [6.45, 7) is 1.77. The highest BCUT2D eigenvalue weighted by Gasteiger charge is 2.12. The molecular formula is C20H20N2O5. The molecule has 2 aromatic carbocycles. The van der Waals surface area contributed by atoms with Gasteiger partial charge >= 0.3 is 5.97 Å². The summed E-state index contributed by atoms with van der Waals surface area (Å²) < 4.78 is 20.6. The lowest BCUT2D eigenvalue weighted by Gasteiger charge is -2.06. The molecule has 140 valence electrons. The maximum absolute atomic E-state index is 11.8. The Bertz CT molecular complexity index is 872. The molecule has 0 aliphatic heterocycles. The maximum Gasteiger partial charge on any atom is 0.344 e. The summed E-state index contributed by atoms with van der Waals surface area (Å²) in [5, 5.41) is 3.91. The largest absolute Gasteiger partial charge is 0.497 e. The molecule has 3 rings (SSSR count). The molecule has 3 aromatic rings. The average Bonchev–Trinajstić information content (AvgIpc) is 3.20. The van der Waals surface area contributed by atoms with Crippen LogP contribution < -0.4 is 9.47 Å². The van der Waals surface area contributed by atoms with Gasteiger partial charge in [-0.3, -0.25) is 0 Å². The predicted octanol–water partition coefficient (Wildman–Crippen LogP) is 3.43. The standard InChI is InChI=1S/C20H20N2O5/c1-3-14-4-6-15(7-5-14)20-21-18(27-22-20)12-26-19(23)13-25-17-10-8-16(24-2)9-11-17/h4-11H,3,12-13H2,1-2H3. The van der Waals surface area contributed by atoms with Crippen molar-refractivity contribution in [3.8, 4) is 22.9 Å². The van der Waals surface area contributed by atoms with Crippen LogP contribution >= 0.6 is 0 Å². The lowest BCUT2D eigenvalue weighted by molar-refractivity contribution is -0.148. The van der Waals surface area contributed by atoms with Crippen LogP contribution in [-0.4, -0.2) is 29.8 Å². The van der Waals surface area contributed by atoms with Gasteiger partial charge in [0.2, 0.25) is 5.82 Å². The highest BCUT2D eigenvalue weighted by atomic mass is 16.6. The SMILES string of the molecule is CCc1ccc(-c2noc(COC(=O)COc3ccc(OC)cc3)n2)cc1. The lowest BCUT2D eigenvalue weighted by Crippen LogP contribution is -2.14. The van der Waals surface area contributed by atoms with Gasteiger partial charge in [-0.25, -0.2) is 4.79 Å². The second-order valence-corrected chi connectivity index (χ2v) is 5.69. The molecule has 27 heavy (non-hydrogen) atoms. The van der Waals surface area contributed by atoms with Gasteiger partial charge in [0.05, 0.1) is 7.11 Å². The minimum atomic E-state index is -0.530. The number of benzene rings is 2. The molecule has 7 nitrogen and oxygen atoms in total. The summed E-state index contributed by atoms with van der Waals surface area (Å²) in [7, 11) is 1.58. The zero-order chi connectivity index (χ0) is 19.1. The average molecular weight is 368 g/mol. The Hall–Kier alpha value is -3.35. The molecule has 7 heteroatoms. The number of aryl methyl sites for hydroxylation is 1. The fourth-order valence-corrected chi connectivity index (χ4v) is 2.32. The number of methoxy groups -OCH3 is 1. The van der Waals surface area contributed by atoms with Crippen LogP contribution in [-0.2, 0) is 22.6 Å². The number of nitrogens with zero attached hydrogens (tertiary/aromatic N) is 2. The molecule has 0 atom stereocenters. The van der Waals surface area contributed by atoms with Crippen molar-refractivity contribution in [3.05, 3.63) is 60.0 Å². The van der Waals surface area contributed by atoms with E-state index < -0.39 is 5.97 Å². The van der Waals surface area contributed by atoms with E-state index in [4.69, 9.17) is 18.7 Å². The molecule has 0 spiro atoms. The van der Waals surface area contributed by atoms with E-state index in [2.05, 4.69) is 17.1 Å². The van der Waals surface area contributed by atoms with Gasteiger partial charge in [-0.15, -0.1) is 0 Å². The highest BCUT2D eigenvalue weighted by molar-refractivity contribution is 5.71. The van der Waals surface area contributed by atoms with Crippen molar-refractivity contribution in [2.45, 2.75) is 20.0 Å². The van der Waals surface area contributed by atoms with E-state index in [1.807, 2.05) is 24.3 Å². The van der Waals surface area contributed by atoms with Gasteiger partial charge in [-0.1, -0.05) is 36.3 Å². The smallest absolute Gasteiger partial charge is 0.344 e. The van der Waals surface area contributed by atoms with E-state index in [1.54, 1.807) is 31.4 Å². The number of aromatic nitrogens is 2. The van der Waals surface area contributed by atoms with Gasteiger partial charge < -0.3 is 18.7 Å². The Morgan fingerprint density at radius 1 is 1.04 bits per heavy atom. The number of esters is 1. The molecule has 0 N–H and O–H groups in total. The van der Waals surface area contributed by atoms with Gasteiger partial charge in [0.25, 0.3) is 5.89 Å². The first-order chi connectivity index (χ1) is 13.2. The number of hydrogen-bond acceptors (Lipinski definition) is 7. The third-order valence-corrected chi connectivity index (χ3v) is 3.86. The van der Waals surface area contributed by atoms with E-state index in [9.17, 15) is 4.79 Å². The Balaban J connectivity index is 1.47. The molecule has 0 aliphatic rings. The normalized spacial score (nSPS) is 10.4. The van der Waals surface area contributed by atoms with Gasteiger partial charge in [-0.2, -0.15) is 4.98 Å². The molecule has 0 saturated carbocycles. The molecule has 1 heterocycles. The van der Waals surface area contributed by atoms with Gasteiger partial charge in [-0.05, 0) is 36.2 Å². The van der Waals surface area contributed by atoms with Crippen molar-refractivity contribution in [1.29, 1.82) is 0 Å². The summed E-state index contributed by atoms with van der Waals surface area (Å²) >= 11 is 0. The summed E-state index contributed by atoms with van der Waals surface area (Å²) in [6.07, 6.45) is 0.965. The minimum absolute atomic E-state index is 0.106. The molecule has 0 radical (unpaired) electrons. The van der Waals surface area contributed by atoms with Gasteiger partial charge in [0.1, 0.15) is 11.5 Å². The molecule has 0 unspecified atom stereocenters.